The highest BCUT2D eigenvalue weighted by Gasteiger charge is 2.32. The summed E-state index contributed by atoms with van der Waals surface area (Å²) >= 11 is 12.3. The minimum Gasteiger partial charge on any atom is -0.283 e. The van der Waals surface area contributed by atoms with Crippen molar-refractivity contribution in [3.63, 3.8) is 0 Å². The van der Waals surface area contributed by atoms with E-state index in [1.807, 2.05) is 18.2 Å². The second-order valence-electron chi connectivity index (χ2n) is 6.94. The molecule has 1 heterocycles. The monoisotopic (exact) mass is 468 g/mol. The lowest BCUT2D eigenvalue weighted by Gasteiger charge is -2.26. The molecule has 0 aliphatic heterocycles. The summed E-state index contributed by atoms with van der Waals surface area (Å²) in [7, 11) is 0.545. The third kappa shape index (κ3) is 4.00. The van der Waals surface area contributed by atoms with Crippen molar-refractivity contribution in [1.29, 1.82) is 0 Å². The molecule has 0 spiro atoms. The van der Waals surface area contributed by atoms with Gasteiger partial charge in [-0.05, 0) is 36.8 Å². The van der Waals surface area contributed by atoms with Crippen LogP contribution in [-0.2, 0) is 23.8 Å². The molecule has 0 N–H and O–H groups in total. The molecule has 0 saturated carbocycles. The van der Waals surface area contributed by atoms with Crippen LogP contribution in [0.3, 0.4) is 0 Å². The van der Waals surface area contributed by atoms with E-state index in [9.17, 15) is 13.2 Å². The van der Waals surface area contributed by atoms with Gasteiger partial charge in [-0.2, -0.15) is 12.7 Å². The summed E-state index contributed by atoms with van der Waals surface area (Å²) < 4.78 is 31.6. The second kappa shape index (κ2) is 8.47. The fourth-order valence-electron chi connectivity index (χ4n) is 3.12. The van der Waals surface area contributed by atoms with E-state index in [-0.39, 0.29) is 12.2 Å². The van der Waals surface area contributed by atoms with E-state index in [4.69, 9.17) is 23.2 Å². The van der Waals surface area contributed by atoms with Crippen LogP contribution in [0, 0.1) is 6.92 Å². The molecule has 3 aromatic rings. The Kier molecular flexibility index (Phi) is 6.33. The van der Waals surface area contributed by atoms with Crippen molar-refractivity contribution in [2.75, 3.05) is 18.4 Å². The van der Waals surface area contributed by atoms with Crippen LogP contribution >= 0.6 is 23.2 Å². The third-order valence-corrected chi connectivity index (χ3v) is 7.22. The number of halogens is 2. The van der Waals surface area contributed by atoms with Crippen molar-refractivity contribution >= 4 is 39.1 Å². The number of hydrogen-bond donors (Lipinski definition) is 0. The zero-order valence-electron chi connectivity index (χ0n) is 17.0. The van der Waals surface area contributed by atoms with Crippen molar-refractivity contribution in [3.8, 4) is 5.69 Å². The molecule has 2 aromatic carbocycles. The maximum Gasteiger partial charge on any atom is 0.304 e. The van der Waals surface area contributed by atoms with Crippen LogP contribution < -0.4 is 9.86 Å². The van der Waals surface area contributed by atoms with Crippen molar-refractivity contribution in [3.05, 3.63) is 80.2 Å². The van der Waals surface area contributed by atoms with Gasteiger partial charge in [0.2, 0.25) is 0 Å². The standard InChI is InChI=1S/C20H22Cl2N4O3S/c1-14-19(20(27)26(24(14)4)17-8-6-5-7-9-17)25(30(28,29)23(2)3)13-15-10-11-16(21)12-18(15)22/h5-12H,13H2,1-4H3. The minimum atomic E-state index is -4.00. The van der Waals surface area contributed by atoms with E-state index in [1.165, 1.54) is 18.8 Å². The van der Waals surface area contributed by atoms with Gasteiger partial charge in [0.1, 0.15) is 5.69 Å². The van der Waals surface area contributed by atoms with Crippen LogP contribution in [0.1, 0.15) is 11.3 Å². The summed E-state index contributed by atoms with van der Waals surface area (Å²) in [6.45, 7) is 1.59. The topological polar surface area (TPSA) is 67.6 Å². The van der Waals surface area contributed by atoms with E-state index in [0.29, 0.717) is 27.0 Å². The molecule has 0 aliphatic carbocycles. The van der Waals surface area contributed by atoms with E-state index >= 15 is 0 Å². The number of benzene rings is 2. The molecule has 0 saturated heterocycles. The predicted molar refractivity (Wildman–Crippen MR) is 121 cm³/mol. The molecule has 0 amide bonds. The average molecular weight is 469 g/mol. The number of hydrogen-bond acceptors (Lipinski definition) is 3. The molecular formula is C20H22Cl2N4O3S. The van der Waals surface area contributed by atoms with E-state index in [2.05, 4.69) is 0 Å². The number of aromatic nitrogens is 2. The largest absolute Gasteiger partial charge is 0.304 e. The molecule has 0 radical (unpaired) electrons. The van der Waals surface area contributed by atoms with Gasteiger partial charge in [0.25, 0.3) is 5.56 Å². The van der Waals surface area contributed by atoms with E-state index in [1.54, 1.807) is 49.0 Å². The van der Waals surface area contributed by atoms with Gasteiger partial charge in [-0.25, -0.2) is 8.99 Å². The summed E-state index contributed by atoms with van der Waals surface area (Å²) in [5.41, 5.74) is 1.27. The Morgan fingerprint density at radius 3 is 2.23 bits per heavy atom. The highest BCUT2D eigenvalue weighted by Crippen LogP contribution is 2.28. The smallest absolute Gasteiger partial charge is 0.283 e. The van der Waals surface area contributed by atoms with Crippen LogP contribution in [-0.4, -0.2) is 36.2 Å². The lowest BCUT2D eigenvalue weighted by Crippen LogP contribution is -2.42. The van der Waals surface area contributed by atoms with Gasteiger partial charge >= 0.3 is 10.2 Å². The normalized spacial score (nSPS) is 11.8. The minimum absolute atomic E-state index is 0.0565. The van der Waals surface area contributed by atoms with Crippen LogP contribution in [0.4, 0.5) is 5.69 Å². The van der Waals surface area contributed by atoms with Crippen molar-refractivity contribution < 1.29 is 8.42 Å². The zero-order valence-corrected chi connectivity index (χ0v) is 19.3. The number of nitrogens with zero attached hydrogens (tertiary/aromatic N) is 4. The fourth-order valence-corrected chi connectivity index (χ4v) is 4.72. The molecule has 0 bridgehead atoms. The highest BCUT2D eigenvalue weighted by atomic mass is 35.5. The van der Waals surface area contributed by atoms with Gasteiger partial charge in [-0.1, -0.05) is 47.5 Å². The Hall–Kier alpha value is -2.26. The Bertz CT molecular complexity index is 1230. The number of anilines is 1. The molecule has 30 heavy (non-hydrogen) atoms. The molecule has 0 atom stereocenters. The highest BCUT2D eigenvalue weighted by molar-refractivity contribution is 7.90. The van der Waals surface area contributed by atoms with E-state index in [0.717, 1.165) is 8.61 Å². The summed E-state index contributed by atoms with van der Waals surface area (Å²) in [6.07, 6.45) is 0. The van der Waals surface area contributed by atoms with Gasteiger partial charge < -0.3 is 0 Å². The molecule has 0 fully saturated rings. The summed E-state index contributed by atoms with van der Waals surface area (Å²) in [5, 5.41) is 0.756. The van der Waals surface area contributed by atoms with Crippen LogP contribution in [0.2, 0.25) is 10.0 Å². The lowest BCUT2D eigenvalue weighted by molar-refractivity contribution is 0.514. The maximum absolute atomic E-state index is 13.4. The number of para-hydroxylation sites is 1. The molecule has 160 valence electrons. The van der Waals surface area contributed by atoms with Gasteiger partial charge in [-0.3, -0.25) is 9.48 Å². The fraction of sp³-hybridized carbons (Fsp3) is 0.250. The maximum atomic E-state index is 13.4. The van der Waals surface area contributed by atoms with E-state index < -0.39 is 15.8 Å². The van der Waals surface area contributed by atoms with Crippen LogP contribution in [0.25, 0.3) is 5.69 Å². The Balaban J connectivity index is 2.24. The molecule has 10 heteroatoms. The molecule has 1 aromatic heterocycles. The average Bonchev–Trinajstić information content (AvgIpc) is 2.90. The van der Waals surface area contributed by atoms with Crippen LogP contribution in [0.5, 0.6) is 0 Å². The first-order valence-electron chi connectivity index (χ1n) is 9.04. The van der Waals surface area contributed by atoms with Crippen LogP contribution in [0.15, 0.2) is 53.3 Å². The Morgan fingerprint density at radius 1 is 1.03 bits per heavy atom. The lowest BCUT2D eigenvalue weighted by atomic mass is 10.2. The predicted octanol–water partition coefficient (Wildman–Crippen LogP) is 3.60. The zero-order chi connectivity index (χ0) is 22.2. The summed E-state index contributed by atoms with van der Waals surface area (Å²) in [4.78, 5) is 13.4. The van der Waals surface area contributed by atoms with Crippen molar-refractivity contribution in [1.82, 2.24) is 13.7 Å². The third-order valence-electron chi connectivity index (χ3n) is 4.84. The van der Waals surface area contributed by atoms with Gasteiger partial charge in [0, 0.05) is 31.2 Å². The van der Waals surface area contributed by atoms with Crippen molar-refractivity contribution in [2.45, 2.75) is 13.5 Å². The quantitative estimate of drug-likeness (QED) is 0.554. The second-order valence-corrected chi connectivity index (χ2v) is 9.85. The molecule has 7 nitrogen and oxygen atoms in total. The summed E-state index contributed by atoms with van der Waals surface area (Å²) in [5.74, 6) is 0. The van der Waals surface area contributed by atoms with Crippen molar-refractivity contribution in [2.24, 2.45) is 7.05 Å². The molecule has 3 rings (SSSR count). The van der Waals surface area contributed by atoms with Gasteiger partial charge in [0.15, 0.2) is 0 Å². The molecule has 0 unspecified atom stereocenters. The Morgan fingerprint density at radius 2 is 1.67 bits per heavy atom. The van der Waals surface area contributed by atoms with Gasteiger partial charge in [0.05, 0.1) is 17.9 Å². The number of rotatable bonds is 6. The summed E-state index contributed by atoms with van der Waals surface area (Å²) in [6, 6.07) is 13.9. The molecule has 0 aliphatic rings. The first-order valence-corrected chi connectivity index (χ1v) is 11.2. The first-order chi connectivity index (χ1) is 14.1. The molecular weight excluding hydrogens is 447 g/mol. The Labute approximate surface area is 185 Å². The van der Waals surface area contributed by atoms with Gasteiger partial charge in [-0.15, -0.1) is 0 Å². The first kappa shape index (κ1) is 22.4. The SMILES string of the molecule is Cc1c(N(Cc2ccc(Cl)cc2Cl)S(=O)(=O)N(C)C)c(=O)n(-c2ccccc2)n1C.